The molecule has 1 amide bonds. The van der Waals surface area contributed by atoms with Gasteiger partial charge in [0, 0.05) is 45.8 Å². The summed E-state index contributed by atoms with van der Waals surface area (Å²) in [6.45, 7) is 8.56. The van der Waals surface area contributed by atoms with E-state index in [4.69, 9.17) is 0 Å². The number of piperazine rings is 1. The Hall–Kier alpha value is -1.51. The Morgan fingerprint density at radius 2 is 1.69 bits per heavy atom. The van der Waals surface area contributed by atoms with Crippen molar-refractivity contribution in [1.29, 1.82) is 0 Å². The molecule has 0 radical (unpaired) electrons. The van der Waals surface area contributed by atoms with Crippen molar-refractivity contribution in [1.82, 2.24) is 20.0 Å². The number of rotatable bonds is 5. The van der Waals surface area contributed by atoms with Gasteiger partial charge >= 0.3 is 6.18 Å². The van der Waals surface area contributed by atoms with Gasteiger partial charge in [0.1, 0.15) is 0 Å². The zero-order chi connectivity index (χ0) is 19.2. The molecule has 1 atom stereocenters. The van der Waals surface area contributed by atoms with Crippen molar-refractivity contribution in [2.75, 3.05) is 52.4 Å². The monoisotopic (exact) mass is 377 g/mol. The van der Waals surface area contributed by atoms with Crippen LogP contribution in [0.3, 0.4) is 0 Å². The average molecular weight is 377 g/mol. The molecule has 0 aliphatic carbocycles. The van der Waals surface area contributed by atoms with Crippen molar-refractivity contribution in [3.63, 3.8) is 0 Å². The van der Waals surface area contributed by atoms with E-state index in [0.717, 1.165) is 25.9 Å². The van der Waals surface area contributed by atoms with Gasteiger partial charge in [0.25, 0.3) is 0 Å². The molecular weight excluding hydrogens is 347 g/mol. The summed E-state index contributed by atoms with van der Waals surface area (Å²) >= 11 is 0. The van der Waals surface area contributed by atoms with Gasteiger partial charge in [-0.3, -0.25) is 14.7 Å². The standard InChI is InChI=1S/C17H30F3N5O/c1-3-21-16(22-7-6-17(18,19)20)25-12-10-23(11-13-25)14(2)15(26)24-8-4-5-9-24/h14H,3-13H2,1-2H3,(H,21,22). The average Bonchev–Trinajstić information content (AvgIpc) is 3.13. The Balaban J connectivity index is 1.86. The molecule has 0 aromatic rings. The molecule has 2 rings (SSSR count). The lowest BCUT2D eigenvalue weighted by atomic mass is 10.2. The summed E-state index contributed by atoms with van der Waals surface area (Å²) in [5.41, 5.74) is 0. The summed E-state index contributed by atoms with van der Waals surface area (Å²) in [4.78, 5) is 22.7. The van der Waals surface area contributed by atoms with Crippen LogP contribution in [-0.2, 0) is 4.79 Å². The molecule has 2 saturated heterocycles. The zero-order valence-corrected chi connectivity index (χ0v) is 15.7. The molecule has 26 heavy (non-hydrogen) atoms. The molecule has 0 bridgehead atoms. The molecule has 6 nitrogen and oxygen atoms in total. The lowest BCUT2D eigenvalue weighted by Gasteiger charge is -2.39. The Kier molecular flexibility index (Phi) is 7.55. The molecule has 2 heterocycles. The number of hydrogen-bond donors (Lipinski definition) is 1. The van der Waals surface area contributed by atoms with E-state index in [-0.39, 0.29) is 18.5 Å². The largest absolute Gasteiger partial charge is 0.390 e. The molecule has 2 fully saturated rings. The molecule has 0 spiro atoms. The van der Waals surface area contributed by atoms with E-state index in [0.29, 0.717) is 38.7 Å². The predicted molar refractivity (Wildman–Crippen MR) is 95.1 cm³/mol. The second kappa shape index (κ2) is 9.43. The van der Waals surface area contributed by atoms with Gasteiger partial charge in [0.15, 0.2) is 5.96 Å². The SMILES string of the molecule is CCNC(=NCCC(F)(F)F)N1CCN(C(C)C(=O)N2CCCC2)CC1. The number of halogens is 3. The van der Waals surface area contributed by atoms with Crippen molar-refractivity contribution in [2.45, 2.75) is 45.3 Å². The van der Waals surface area contributed by atoms with E-state index in [1.807, 2.05) is 23.6 Å². The van der Waals surface area contributed by atoms with Crippen molar-refractivity contribution in [3.8, 4) is 0 Å². The maximum atomic E-state index is 12.5. The fourth-order valence-electron chi connectivity index (χ4n) is 3.39. The van der Waals surface area contributed by atoms with Crippen molar-refractivity contribution in [3.05, 3.63) is 0 Å². The first-order chi connectivity index (χ1) is 12.3. The van der Waals surface area contributed by atoms with Crippen LogP contribution in [0.1, 0.15) is 33.1 Å². The van der Waals surface area contributed by atoms with Crippen molar-refractivity contribution < 1.29 is 18.0 Å². The molecule has 0 saturated carbocycles. The number of alkyl halides is 3. The molecule has 1 N–H and O–H groups in total. The van der Waals surface area contributed by atoms with Gasteiger partial charge in [-0.25, -0.2) is 0 Å². The zero-order valence-electron chi connectivity index (χ0n) is 15.7. The summed E-state index contributed by atoms with van der Waals surface area (Å²) < 4.78 is 37.0. The first-order valence-corrected chi connectivity index (χ1v) is 9.44. The van der Waals surface area contributed by atoms with Gasteiger partial charge < -0.3 is 15.1 Å². The van der Waals surface area contributed by atoms with E-state index in [1.54, 1.807) is 0 Å². The van der Waals surface area contributed by atoms with E-state index in [1.165, 1.54) is 0 Å². The van der Waals surface area contributed by atoms with Crippen LogP contribution < -0.4 is 5.32 Å². The summed E-state index contributed by atoms with van der Waals surface area (Å²) in [6, 6.07) is -0.153. The number of carbonyl (C=O) groups excluding carboxylic acids is 1. The summed E-state index contributed by atoms with van der Waals surface area (Å²) in [6.07, 6.45) is -2.95. The van der Waals surface area contributed by atoms with Crippen LogP contribution in [0.2, 0.25) is 0 Å². The van der Waals surface area contributed by atoms with Crippen molar-refractivity contribution >= 4 is 11.9 Å². The van der Waals surface area contributed by atoms with E-state index in [2.05, 4.69) is 15.2 Å². The second-order valence-electron chi connectivity index (χ2n) is 6.83. The molecule has 2 aliphatic rings. The number of amides is 1. The first-order valence-electron chi connectivity index (χ1n) is 9.44. The van der Waals surface area contributed by atoms with Crippen LogP contribution in [-0.4, -0.2) is 91.1 Å². The van der Waals surface area contributed by atoms with Crippen LogP contribution in [0, 0.1) is 0 Å². The highest BCUT2D eigenvalue weighted by Crippen LogP contribution is 2.19. The Morgan fingerprint density at radius 1 is 1.08 bits per heavy atom. The maximum Gasteiger partial charge on any atom is 0.390 e. The molecule has 0 aromatic heterocycles. The fraction of sp³-hybridized carbons (Fsp3) is 0.882. The van der Waals surface area contributed by atoms with Gasteiger partial charge in [-0.1, -0.05) is 0 Å². The fourth-order valence-corrected chi connectivity index (χ4v) is 3.39. The lowest BCUT2D eigenvalue weighted by molar-refractivity contribution is -0.135. The quantitative estimate of drug-likeness (QED) is 0.583. The highest BCUT2D eigenvalue weighted by molar-refractivity contribution is 5.82. The lowest BCUT2D eigenvalue weighted by Crippen LogP contribution is -2.57. The Labute approximate surface area is 153 Å². The molecule has 2 aliphatic heterocycles. The third-order valence-electron chi connectivity index (χ3n) is 4.93. The summed E-state index contributed by atoms with van der Waals surface area (Å²) in [7, 11) is 0. The third kappa shape index (κ3) is 6.03. The van der Waals surface area contributed by atoms with E-state index in [9.17, 15) is 18.0 Å². The summed E-state index contributed by atoms with van der Waals surface area (Å²) in [5.74, 6) is 0.705. The van der Waals surface area contributed by atoms with Gasteiger partial charge in [-0.15, -0.1) is 0 Å². The van der Waals surface area contributed by atoms with Crippen LogP contribution in [0.25, 0.3) is 0 Å². The summed E-state index contributed by atoms with van der Waals surface area (Å²) in [5, 5.41) is 3.07. The predicted octanol–water partition coefficient (Wildman–Crippen LogP) is 1.53. The Morgan fingerprint density at radius 3 is 2.23 bits per heavy atom. The number of nitrogens with zero attached hydrogens (tertiary/aromatic N) is 4. The van der Waals surface area contributed by atoms with Crippen LogP contribution in [0.15, 0.2) is 4.99 Å². The number of nitrogens with one attached hydrogen (secondary N) is 1. The number of hydrogen-bond acceptors (Lipinski definition) is 3. The maximum absolute atomic E-state index is 12.5. The molecular formula is C17H30F3N5O. The topological polar surface area (TPSA) is 51.2 Å². The van der Waals surface area contributed by atoms with Crippen LogP contribution >= 0.6 is 0 Å². The minimum absolute atomic E-state index is 0.153. The van der Waals surface area contributed by atoms with Crippen molar-refractivity contribution in [2.24, 2.45) is 4.99 Å². The minimum Gasteiger partial charge on any atom is -0.357 e. The molecule has 9 heteroatoms. The Bertz CT molecular complexity index is 483. The van der Waals surface area contributed by atoms with Gasteiger partial charge in [0.05, 0.1) is 19.0 Å². The third-order valence-corrected chi connectivity index (χ3v) is 4.93. The first kappa shape index (κ1) is 20.8. The smallest absolute Gasteiger partial charge is 0.357 e. The van der Waals surface area contributed by atoms with E-state index >= 15 is 0 Å². The second-order valence-corrected chi connectivity index (χ2v) is 6.83. The number of likely N-dealkylation sites (tertiary alicyclic amines) is 1. The minimum atomic E-state index is -4.19. The molecule has 0 aromatic carbocycles. The molecule has 1 unspecified atom stereocenters. The van der Waals surface area contributed by atoms with Gasteiger partial charge in [0.2, 0.25) is 5.91 Å². The highest BCUT2D eigenvalue weighted by atomic mass is 19.4. The van der Waals surface area contributed by atoms with Gasteiger partial charge in [-0.2, -0.15) is 13.2 Å². The number of guanidine groups is 1. The van der Waals surface area contributed by atoms with Gasteiger partial charge in [-0.05, 0) is 26.7 Å². The van der Waals surface area contributed by atoms with Crippen LogP contribution in [0.5, 0.6) is 0 Å². The molecule has 150 valence electrons. The highest BCUT2D eigenvalue weighted by Gasteiger charge is 2.31. The van der Waals surface area contributed by atoms with Crippen LogP contribution in [0.4, 0.5) is 13.2 Å². The normalized spacial score (nSPS) is 21.2. The number of aliphatic imine (C=N–C) groups is 1. The number of carbonyl (C=O) groups is 1. The van der Waals surface area contributed by atoms with E-state index < -0.39 is 12.6 Å².